The molecule has 0 radical (unpaired) electrons. The van der Waals surface area contributed by atoms with Gasteiger partial charge in [-0.2, -0.15) is 0 Å². The number of aliphatic hydroxyl groups excluding tert-OH is 2. The van der Waals surface area contributed by atoms with Crippen LogP contribution in [0.25, 0.3) is 22.3 Å². The normalized spacial score (nSPS) is 11.8. The Balaban J connectivity index is 0.000000288. The number of amides is 2. The second-order valence-electron chi connectivity index (χ2n) is 17.1. The summed E-state index contributed by atoms with van der Waals surface area (Å²) in [7, 11) is 0. The number of aryl methyl sites for hydroxylation is 2. The predicted octanol–water partition coefficient (Wildman–Crippen LogP) is 8.02. The number of aromatic nitrogens is 2. The number of nitrogens with one attached hydrogen (secondary N) is 2. The third-order valence-electron chi connectivity index (χ3n) is 11.3. The van der Waals surface area contributed by atoms with E-state index >= 15 is 0 Å². The van der Waals surface area contributed by atoms with Crippen molar-refractivity contribution >= 4 is 72.9 Å². The predicted molar refractivity (Wildman–Crippen MR) is 261 cm³/mol. The van der Waals surface area contributed by atoms with Crippen molar-refractivity contribution in [2.75, 3.05) is 10.6 Å². The summed E-state index contributed by atoms with van der Waals surface area (Å²) in [5.41, 5.74) is 8.13. The van der Waals surface area contributed by atoms with E-state index in [4.69, 9.17) is 0 Å². The van der Waals surface area contributed by atoms with Crippen molar-refractivity contribution in [3.63, 3.8) is 0 Å². The number of hydrogen-bond acceptors (Lipinski definition) is 8. The quantitative estimate of drug-likeness (QED) is 0.0493. The Bertz CT molecular complexity index is 2300. The maximum absolute atomic E-state index is 13.5. The molecule has 2 amide bonds. The summed E-state index contributed by atoms with van der Waals surface area (Å²) in [6, 6.07) is 38.3. The van der Waals surface area contributed by atoms with E-state index in [9.17, 15) is 39.6 Å². The Morgan fingerprint density at radius 2 is 0.821 bits per heavy atom. The first-order chi connectivity index (χ1) is 31.7. The van der Waals surface area contributed by atoms with Crippen LogP contribution in [0.5, 0.6) is 0 Å². The van der Waals surface area contributed by atoms with Gasteiger partial charge in [0.05, 0.1) is 23.3 Å². The molecule has 2 atom stereocenters. The van der Waals surface area contributed by atoms with Crippen LogP contribution >= 0.6 is 0 Å². The summed E-state index contributed by atoms with van der Waals surface area (Å²) in [5.74, 6) is -2.38. The molecule has 2 heterocycles. The SMILES string of the molecule is CC(C)c1c(C(=O)Nc2ccccc2)c(-c2ccccc2)cn1CCC(O)CCCC(=O)[O-].CC(C)c1c(C(=O)Nc2ccccc2)c(-c2ccccc2)cn1CCC(O)CCCC(=O)[O-].[Ca+2]. The van der Waals surface area contributed by atoms with E-state index in [1.54, 1.807) is 0 Å². The molecule has 0 saturated heterocycles. The van der Waals surface area contributed by atoms with E-state index in [1.165, 1.54) is 0 Å². The first-order valence-corrected chi connectivity index (χ1v) is 22.8. The van der Waals surface area contributed by atoms with Gasteiger partial charge in [-0.15, -0.1) is 0 Å². The largest absolute Gasteiger partial charge is 2.00 e. The van der Waals surface area contributed by atoms with E-state index in [-0.39, 0.29) is 74.2 Å². The number of nitrogens with zero attached hydrogens (tertiary/aromatic N) is 2. The second kappa shape index (κ2) is 27.3. The van der Waals surface area contributed by atoms with Gasteiger partial charge in [-0.3, -0.25) is 9.59 Å². The van der Waals surface area contributed by atoms with Gasteiger partial charge in [-0.1, -0.05) is 125 Å². The summed E-state index contributed by atoms with van der Waals surface area (Å²) in [4.78, 5) is 48.1. The molecule has 2 aromatic heterocycles. The van der Waals surface area contributed by atoms with Crippen molar-refractivity contribution in [2.24, 2.45) is 0 Å². The number of carboxylic acids is 2. The summed E-state index contributed by atoms with van der Waals surface area (Å²) in [6.45, 7) is 9.26. The van der Waals surface area contributed by atoms with Crippen LogP contribution in [0.2, 0.25) is 0 Å². The van der Waals surface area contributed by atoms with Crippen molar-refractivity contribution in [3.05, 3.63) is 156 Å². The Morgan fingerprint density at radius 1 is 0.507 bits per heavy atom. The maximum Gasteiger partial charge on any atom is 2.00 e. The van der Waals surface area contributed by atoms with Crippen LogP contribution in [0.3, 0.4) is 0 Å². The van der Waals surface area contributed by atoms with Crippen molar-refractivity contribution in [1.82, 2.24) is 9.13 Å². The van der Waals surface area contributed by atoms with Gasteiger partial charge in [-0.05, 0) is 98.6 Å². The standard InChI is InChI=1S/2C27H32N2O4.Ca/c2*1-19(2)26-25(27(33)28-21-12-7-4-8-13-21)23(20-10-5-3-6-11-20)18-29(26)17-16-22(30)14-9-15-24(31)32;/h2*3-8,10-13,18-19,22,30H,9,14-17H2,1-2H3,(H,28,33)(H,31,32);/q;;+2/p-2. The molecule has 2 unspecified atom stereocenters. The molecule has 0 spiro atoms. The molecule has 6 aromatic rings. The number of rotatable bonds is 22. The van der Waals surface area contributed by atoms with Crippen molar-refractivity contribution in [1.29, 1.82) is 0 Å². The molecule has 6 rings (SSSR count). The van der Waals surface area contributed by atoms with E-state index < -0.39 is 24.1 Å². The molecule has 348 valence electrons. The number of aliphatic hydroxyl groups is 2. The molecular weight excluding hydrogens is 873 g/mol. The fraction of sp³-hybridized carbons (Fsp3) is 0.333. The first-order valence-electron chi connectivity index (χ1n) is 22.8. The van der Waals surface area contributed by atoms with Crippen LogP contribution in [0.4, 0.5) is 11.4 Å². The molecule has 4 N–H and O–H groups in total. The average molecular weight is 935 g/mol. The van der Waals surface area contributed by atoms with Gasteiger partial charge in [-0.25, -0.2) is 0 Å². The third-order valence-corrected chi connectivity index (χ3v) is 11.3. The fourth-order valence-corrected chi connectivity index (χ4v) is 8.16. The first kappa shape index (κ1) is 54.1. The topological polar surface area (TPSA) is 189 Å². The minimum Gasteiger partial charge on any atom is -0.550 e. The molecule has 13 heteroatoms. The number of hydrogen-bond donors (Lipinski definition) is 4. The zero-order valence-electron chi connectivity index (χ0n) is 39.0. The molecule has 0 saturated carbocycles. The third kappa shape index (κ3) is 16.4. The molecule has 4 aromatic carbocycles. The van der Waals surface area contributed by atoms with E-state index in [0.717, 1.165) is 45.0 Å². The number of anilines is 2. The molecule has 0 aliphatic carbocycles. The Morgan fingerprint density at radius 3 is 1.12 bits per heavy atom. The molecule has 67 heavy (non-hydrogen) atoms. The Hall–Kier alpha value is -5.50. The number of carbonyl (C=O) groups is 4. The van der Waals surface area contributed by atoms with Crippen LogP contribution in [0.15, 0.2) is 134 Å². The van der Waals surface area contributed by atoms with Gasteiger partial charge in [0, 0.05) is 71.3 Å². The van der Waals surface area contributed by atoms with Crippen LogP contribution in [0.1, 0.15) is 123 Å². The summed E-state index contributed by atoms with van der Waals surface area (Å²) >= 11 is 0. The molecule has 12 nitrogen and oxygen atoms in total. The van der Waals surface area contributed by atoms with Crippen molar-refractivity contribution in [3.8, 4) is 22.3 Å². The van der Waals surface area contributed by atoms with Gasteiger partial charge in [0.15, 0.2) is 0 Å². The molecule has 0 bridgehead atoms. The van der Waals surface area contributed by atoms with Gasteiger partial charge in [0.2, 0.25) is 0 Å². The van der Waals surface area contributed by atoms with Gasteiger partial charge in [0.25, 0.3) is 11.8 Å². The number of aliphatic carboxylic acids is 2. The molecule has 0 aliphatic rings. The maximum atomic E-state index is 13.5. The Kier molecular flexibility index (Phi) is 22.1. The smallest absolute Gasteiger partial charge is 0.550 e. The number of carbonyl (C=O) groups excluding carboxylic acids is 4. The van der Waals surface area contributed by atoms with Gasteiger partial charge < -0.3 is 49.8 Å². The van der Waals surface area contributed by atoms with E-state index in [1.807, 2.05) is 134 Å². The van der Waals surface area contributed by atoms with Crippen LogP contribution in [0, 0.1) is 0 Å². The second-order valence-corrected chi connectivity index (χ2v) is 17.1. The summed E-state index contributed by atoms with van der Waals surface area (Å²) in [6.07, 6.45) is 5.12. The van der Waals surface area contributed by atoms with E-state index in [2.05, 4.69) is 47.5 Å². The summed E-state index contributed by atoms with van der Waals surface area (Å²) < 4.78 is 4.10. The van der Waals surface area contributed by atoms with Crippen molar-refractivity contribution < 1.29 is 39.6 Å². The van der Waals surface area contributed by atoms with Gasteiger partial charge in [0.1, 0.15) is 0 Å². The monoisotopic (exact) mass is 934 g/mol. The minimum atomic E-state index is -1.10. The minimum absolute atomic E-state index is 0. The number of carboxylic acid groups (broad SMARTS) is 2. The molecule has 0 fully saturated rings. The zero-order chi connectivity index (χ0) is 47.6. The zero-order valence-corrected chi connectivity index (χ0v) is 41.2. The van der Waals surface area contributed by atoms with E-state index in [0.29, 0.717) is 62.7 Å². The van der Waals surface area contributed by atoms with Crippen LogP contribution in [-0.2, 0) is 22.7 Å². The van der Waals surface area contributed by atoms with Crippen LogP contribution in [-0.4, -0.2) is 93.0 Å². The summed E-state index contributed by atoms with van der Waals surface area (Å²) in [5, 5.41) is 48.0. The Labute approximate surface area is 424 Å². The molecule has 0 aliphatic heterocycles. The average Bonchev–Trinajstić information content (AvgIpc) is 3.89. The number of para-hydroxylation sites is 2. The van der Waals surface area contributed by atoms with Crippen molar-refractivity contribution in [2.45, 2.75) is 116 Å². The fourth-order valence-electron chi connectivity index (χ4n) is 8.16. The molecular formula is C54H62CaN4O8. The van der Waals surface area contributed by atoms with Crippen LogP contribution < -0.4 is 20.8 Å². The number of benzene rings is 4. The van der Waals surface area contributed by atoms with Gasteiger partial charge >= 0.3 is 37.7 Å².